The average molecular weight is 322 g/mol. The third-order valence-electron chi connectivity index (χ3n) is 3.18. The van der Waals surface area contributed by atoms with Gasteiger partial charge < -0.3 is 0 Å². The number of carbonyl (C=O) groups excluding carboxylic acids is 1. The van der Waals surface area contributed by atoms with E-state index in [4.69, 9.17) is 9.56 Å². The Morgan fingerprint density at radius 1 is 0.652 bits per heavy atom. The normalized spacial score (nSPS) is 10.5. The maximum atomic E-state index is 12.1. The zero-order valence-corrected chi connectivity index (χ0v) is 13.2. The molecule has 0 radical (unpaired) electrons. The molecule has 0 saturated carbocycles. The molecule has 0 aliphatic heterocycles. The Kier molecular flexibility index (Phi) is 5.15. The summed E-state index contributed by atoms with van der Waals surface area (Å²) in [6.07, 6.45) is 0. The van der Waals surface area contributed by atoms with E-state index in [9.17, 15) is 4.79 Å². The van der Waals surface area contributed by atoms with Crippen LogP contribution in [0, 0.1) is 0 Å². The van der Waals surface area contributed by atoms with E-state index >= 15 is 0 Å². The van der Waals surface area contributed by atoms with Crippen molar-refractivity contribution in [1.29, 1.82) is 0 Å². The van der Waals surface area contributed by atoms with Crippen LogP contribution in [0.25, 0.3) is 0 Å². The lowest BCUT2D eigenvalue weighted by Crippen LogP contribution is -2.15. The van der Waals surface area contributed by atoms with Crippen molar-refractivity contribution in [2.24, 2.45) is 0 Å². The lowest BCUT2D eigenvalue weighted by atomic mass is 10.2. The van der Waals surface area contributed by atoms with Gasteiger partial charge in [0.05, 0.1) is 5.56 Å². The molecule has 23 heavy (non-hydrogen) atoms. The maximum Gasteiger partial charge on any atom is 0.373 e. The van der Waals surface area contributed by atoms with Gasteiger partial charge in [0.2, 0.25) is 0 Å². The van der Waals surface area contributed by atoms with Crippen LogP contribution in [0.5, 0.6) is 0 Å². The minimum absolute atomic E-state index is 0.462. The van der Waals surface area contributed by atoms with Crippen LogP contribution in [-0.4, -0.2) is 5.97 Å². The SMILES string of the molecule is O=C(OOP(c1ccccc1)c1ccccc1)c1ccccc1. The van der Waals surface area contributed by atoms with Crippen LogP contribution in [-0.2, 0) is 9.56 Å². The first-order valence-electron chi connectivity index (χ1n) is 7.19. The van der Waals surface area contributed by atoms with Crippen molar-refractivity contribution < 1.29 is 14.4 Å². The fraction of sp³-hybridized carbons (Fsp3) is 0. The van der Waals surface area contributed by atoms with E-state index in [0.717, 1.165) is 10.6 Å². The third kappa shape index (κ3) is 4.04. The molecule has 0 N–H and O–H groups in total. The molecule has 3 rings (SSSR count). The van der Waals surface area contributed by atoms with Gasteiger partial charge in [0.25, 0.3) is 0 Å². The standard InChI is InChI=1S/C19H15O3P/c20-19(16-10-4-1-5-11-16)21-22-23(17-12-6-2-7-13-17)18-14-8-3-9-15-18/h1-15H. The van der Waals surface area contributed by atoms with Gasteiger partial charge in [-0.25, -0.2) is 4.79 Å². The van der Waals surface area contributed by atoms with Crippen LogP contribution in [0.4, 0.5) is 0 Å². The molecular formula is C19H15O3P. The second-order valence-electron chi connectivity index (χ2n) is 4.78. The Morgan fingerprint density at radius 2 is 1.09 bits per heavy atom. The minimum atomic E-state index is -1.22. The Hall–Kier alpha value is -2.48. The van der Waals surface area contributed by atoms with Gasteiger partial charge >= 0.3 is 5.97 Å². The number of carbonyl (C=O) groups is 1. The van der Waals surface area contributed by atoms with E-state index in [2.05, 4.69) is 0 Å². The van der Waals surface area contributed by atoms with Crippen molar-refractivity contribution in [3.05, 3.63) is 96.6 Å². The Bertz CT molecular complexity index is 706. The van der Waals surface area contributed by atoms with E-state index in [0.29, 0.717) is 5.56 Å². The monoisotopic (exact) mass is 322 g/mol. The molecule has 3 aromatic carbocycles. The summed E-state index contributed by atoms with van der Waals surface area (Å²) in [6.45, 7) is 0. The highest BCUT2D eigenvalue weighted by Gasteiger charge is 2.19. The molecule has 0 spiro atoms. The Labute approximate surface area is 136 Å². The summed E-state index contributed by atoms with van der Waals surface area (Å²) in [7, 11) is -1.22. The maximum absolute atomic E-state index is 12.1. The third-order valence-corrected chi connectivity index (χ3v) is 4.94. The number of rotatable bonds is 5. The second-order valence-corrected chi connectivity index (χ2v) is 6.55. The summed E-state index contributed by atoms with van der Waals surface area (Å²) in [6, 6.07) is 28.3. The Balaban J connectivity index is 1.79. The fourth-order valence-electron chi connectivity index (χ4n) is 2.06. The van der Waals surface area contributed by atoms with Gasteiger partial charge in [-0.2, -0.15) is 4.67 Å². The van der Waals surface area contributed by atoms with E-state index < -0.39 is 14.1 Å². The zero-order chi connectivity index (χ0) is 15.9. The average Bonchev–Trinajstić information content (AvgIpc) is 2.64. The predicted octanol–water partition coefficient (Wildman–Crippen LogP) is 3.82. The summed E-state index contributed by atoms with van der Waals surface area (Å²) in [4.78, 5) is 17.2. The van der Waals surface area contributed by atoms with E-state index in [1.807, 2.05) is 66.7 Å². The molecular weight excluding hydrogens is 307 g/mol. The minimum Gasteiger partial charge on any atom is -0.289 e. The molecule has 114 valence electrons. The number of hydrogen-bond donors (Lipinski definition) is 0. The molecule has 0 bridgehead atoms. The van der Waals surface area contributed by atoms with Crippen LogP contribution >= 0.6 is 8.15 Å². The molecule has 0 unspecified atom stereocenters. The molecule has 3 aromatic rings. The van der Waals surface area contributed by atoms with Crippen LogP contribution < -0.4 is 10.6 Å². The van der Waals surface area contributed by atoms with Crippen LogP contribution in [0.1, 0.15) is 10.4 Å². The van der Waals surface area contributed by atoms with Gasteiger partial charge in [-0.3, -0.25) is 4.89 Å². The second kappa shape index (κ2) is 7.68. The van der Waals surface area contributed by atoms with Crippen LogP contribution in [0.3, 0.4) is 0 Å². The highest BCUT2D eigenvalue weighted by atomic mass is 31.1. The first-order valence-corrected chi connectivity index (χ1v) is 8.45. The number of hydrogen-bond acceptors (Lipinski definition) is 3. The van der Waals surface area contributed by atoms with E-state index in [1.165, 1.54) is 0 Å². The fourth-order valence-corrected chi connectivity index (χ4v) is 3.55. The Morgan fingerprint density at radius 3 is 1.57 bits per heavy atom. The van der Waals surface area contributed by atoms with Gasteiger partial charge in [-0.15, -0.1) is 0 Å². The summed E-state index contributed by atoms with van der Waals surface area (Å²) in [5.74, 6) is -0.495. The van der Waals surface area contributed by atoms with Crippen molar-refractivity contribution in [2.45, 2.75) is 0 Å². The molecule has 0 saturated heterocycles. The highest BCUT2D eigenvalue weighted by molar-refractivity contribution is 7.68. The summed E-state index contributed by atoms with van der Waals surface area (Å²) >= 11 is 0. The summed E-state index contributed by atoms with van der Waals surface area (Å²) < 4.78 is 5.55. The van der Waals surface area contributed by atoms with Crippen LogP contribution in [0.15, 0.2) is 91.0 Å². The largest absolute Gasteiger partial charge is 0.373 e. The van der Waals surface area contributed by atoms with Gasteiger partial charge in [0.15, 0.2) is 0 Å². The van der Waals surface area contributed by atoms with Crippen molar-refractivity contribution in [1.82, 2.24) is 0 Å². The molecule has 0 amide bonds. The first kappa shape index (κ1) is 15.4. The summed E-state index contributed by atoms with van der Waals surface area (Å²) in [5.41, 5.74) is 0.462. The lowest BCUT2D eigenvalue weighted by Gasteiger charge is -2.16. The van der Waals surface area contributed by atoms with Crippen molar-refractivity contribution in [2.75, 3.05) is 0 Å². The van der Waals surface area contributed by atoms with Gasteiger partial charge in [0.1, 0.15) is 8.15 Å². The highest BCUT2D eigenvalue weighted by Crippen LogP contribution is 2.35. The predicted molar refractivity (Wildman–Crippen MR) is 92.0 cm³/mol. The molecule has 0 fully saturated rings. The van der Waals surface area contributed by atoms with E-state index in [-0.39, 0.29) is 0 Å². The zero-order valence-electron chi connectivity index (χ0n) is 12.3. The van der Waals surface area contributed by atoms with Gasteiger partial charge in [0, 0.05) is 10.6 Å². The smallest absolute Gasteiger partial charge is 0.289 e. The molecule has 0 aromatic heterocycles. The van der Waals surface area contributed by atoms with Crippen molar-refractivity contribution >= 4 is 24.7 Å². The van der Waals surface area contributed by atoms with Crippen molar-refractivity contribution in [3.63, 3.8) is 0 Å². The molecule has 0 aliphatic rings. The van der Waals surface area contributed by atoms with Crippen molar-refractivity contribution in [3.8, 4) is 0 Å². The lowest BCUT2D eigenvalue weighted by molar-refractivity contribution is -0.138. The topological polar surface area (TPSA) is 35.5 Å². The van der Waals surface area contributed by atoms with E-state index in [1.54, 1.807) is 24.3 Å². The summed E-state index contributed by atoms with van der Waals surface area (Å²) in [5, 5.41) is 1.96. The molecule has 0 heterocycles. The molecule has 4 heteroatoms. The molecule has 0 atom stereocenters. The number of benzene rings is 3. The molecule has 0 aliphatic carbocycles. The van der Waals surface area contributed by atoms with Crippen LogP contribution in [0.2, 0.25) is 0 Å². The quantitative estimate of drug-likeness (QED) is 0.407. The first-order chi connectivity index (χ1) is 11.3. The molecule has 3 nitrogen and oxygen atoms in total. The van der Waals surface area contributed by atoms with Gasteiger partial charge in [-0.05, 0) is 12.1 Å². The van der Waals surface area contributed by atoms with Gasteiger partial charge in [-0.1, -0.05) is 78.9 Å².